The van der Waals surface area contributed by atoms with Gasteiger partial charge in [0.05, 0.1) is 7.11 Å². The maximum Gasteiger partial charge on any atom is 0.118 e. The topological polar surface area (TPSA) is 58.7 Å². The highest BCUT2D eigenvalue weighted by atomic mass is 16.5. The van der Waals surface area contributed by atoms with E-state index in [1.807, 2.05) is 19.1 Å². The van der Waals surface area contributed by atoms with Crippen LogP contribution in [-0.4, -0.2) is 42.4 Å². The van der Waals surface area contributed by atoms with Crippen LogP contribution in [0.5, 0.6) is 5.75 Å². The van der Waals surface area contributed by atoms with E-state index in [-0.39, 0.29) is 18.1 Å². The van der Waals surface area contributed by atoms with E-state index in [4.69, 9.17) is 10.5 Å². The zero-order valence-corrected chi connectivity index (χ0v) is 11.1. The second-order valence-electron chi connectivity index (χ2n) is 5.40. The third-order valence-corrected chi connectivity index (χ3v) is 3.76. The summed E-state index contributed by atoms with van der Waals surface area (Å²) in [6, 6.07) is 8.07. The largest absolute Gasteiger partial charge is 0.497 e. The van der Waals surface area contributed by atoms with Gasteiger partial charge in [0.1, 0.15) is 5.75 Å². The minimum atomic E-state index is -0.290. The Labute approximate surface area is 108 Å². The molecule has 3 N–H and O–H groups in total. The van der Waals surface area contributed by atoms with Crippen LogP contribution in [0, 0.1) is 5.92 Å². The van der Waals surface area contributed by atoms with Gasteiger partial charge >= 0.3 is 0 Å². The fourth-order valence-corrected chi connectivity index (χ4v) is 2.57. The molecule has 0 saturated carbocycles. The van der Waals surface area contributed by atoms with E-state index in [9.17, 15) is 5.11 Å². The van der Waals surface area contributed by atoms with Crippen LogP contribution in [0.3, 0.4) is 0 Å². The lowest BCUT2D eigenvalue weighted by molar-refractivity contribution is 0.192. The van der Waals surface area contributed by atoms with Gasteiger partial charge in [-0.3, -0.25) is 4.90 Å². The molecule has 0 aliphatic carbocycles. The molecule has 0 radical (unpaired) electrons. The van der Waals surface area contributed by atoms with Gasteiger partial charge in [0.25, 0.3) is 0 Å². The molecule has 0 unspecified atom stereocenters. The van der Waals surface area contributed by atoms with Crippen LogP contribution in [0.1, 0.15) is 12.5 Å². The number of ether oxygens (including phenoxy) is 1. The minimum absolute atomic E-state index is 0.159. The van der Waals surface area contributed by atoms with Crippen LogP contribution in [0.4, 0.5) is 0 Å². The summed E-state index contributed by atoms with van der Waals surface area (Å²) in [6.07, 6.45) is 0. The molecule has 1 heterocycles. The van der Waals surface area contributed by atoms with Gasteiger partial charge in [0, 0.05) is 37.7 Å². The molecule has 2 rings (SSSR count). The second-order valence-corrected chi connectivity index (χ2v) is 5.40. The Kier molecular flexibility index (Phi) is 3.90. The monoisotopic (exact) mass is 250 g/mol. The number of methoxy groups -OCH3 is 1. The van der Waals surface area contributed by atoms with Crippen molar-refractivity contribution in [2.45, 2.75) is 19.0 Å². The van der Waals surface area contributed by atoms with Gasteiger partial charge in [-0.25, -0.2) is 0 Å². The van der Waals surface area contributed by atoms with Gasteiger partial charge in [0.15, 0.2) is 0 Å². The number of hydrogen-bond acceptors (Lipinski definition) is 4. The Bertz CT molecular complexity index is 389. The molecule has 4 heteroatoms. The predicted octanol–water partition coefficient (Wildman–Crippen LogP) is 0.837. The van der Waals surface area contributed by atoms with Crippen LogP contribution < -0.4 is 10.5 Å². The fraction of sp³-hybridized carbons (Fsp3) is 0.571. The highest BCUT2D eigenvalue weighted by Gasteiger charge is 2.39. The number of benzene rings is 1. The van der Waals surface area contributed by atoms with Crippen LogP contribution in [0.15, 0.2) is 24.3 Å². The number of likely N-dealkylation sites (tertiary alicyclic amines) is 1. The molecule has 100 valence electrons. The first-order valence-corrected chi connectivity index (χ1v) is 6.30. The normalized spacial score (nSPS) is 28.6. The van der Waals surface area contributed by atoms with Crippen molar-refractivity contribution in [3.8, 4) is 5.75 Å². The van der Waals surface area contributed by atoms with Crippen molar-refractivity contribution in [3.05, 3.63) is 29.8 Å². The lowest BCUT2D eigenvalue weighted by atomic mass is 9.91. The summed E-state index contributed by atoms with van der Waals surface area (Å²) in [5.41, 5.74) is 7.15. The third-order valence-electron chi connectivity index (χ3n) is 3.76. The molecule has 4 nitrogen and oxygen atoms in total. The molecule has 2 atom stereocenters. The average molecular weight is 250 g/mol. The molecular formula is C14H22N2O2. The predicted molar refractivity (Wildman–Crippen MR) is 71.4 cm³/mol. The maximum atomic E-state index is 9.33. The van der Waals surface area contributed by atoms with E-state index in [0.717, 1.165) is 25.4 Å². The van der Waals surface area contributed by atoms with Crippen molar-refractivity contribution >= 4 is 0 Å². The first kappa shape index (κ1) is 13.3. The van der Waals surface area contributed by atoms with Gasteiger partial charge in [-0.1, -0.05) is 12.1 Å². The average Bonchev–Trinajstić information content (AvgIpc) is 2.64. The van der Waals surface area contributed by atoms with Crippen LogP contribution in [0.25, 0.3) is 0 Å². The first-order chi connectivity index (χ1) is 8.55. The van der Waals surface area contributed by atoms with E-state index in [1.54, 1.807) is 7.11 Å². The molecule has 1 aliphatic rings. The van der Waals surface area contributed by atoms with Crippen molar-refractivity contribution < 1.29 is 9.84 Å². The maximum absolute atomic E-state index is 9.33. The molecule has 0 amide bonds. The molecular weight excluding hydrogens is 228 g/mol. The van der Waals surface area contributed by atoms with Gasteiger partial charge in [-0.15, -0.1) is 0 Å². The van der Waals surface area contributed by atoms with Gasteiger partial charge in [0.2, 0.25) is 0 Å². The number of hydrogen-bond donors (Lipinski definition) is 2. The van der Waals surface area contributed by atoms with Crippen LogP contribution >= 0.6 is 0 Å². The lowest BCUT2D eigenvalue weighted by Gasteiger charge is -2.23. The van der Waals surface area contributed by atoms with E-state index in [1.165, 1.54) is 5.56 Å². The smallest absolute Gasteiger partial charge is 0.118 e. The standard InChI is InChI=1S/C14H22N2O2/c1-14(15)10-16(8-12(14)9-17)7-11-3-5-13(18-2)6-4-11/h3-6,12,17H,7-10,15H2,1-2H3/t12-,14+/m1/s1. The molecule has 0 aromatic heterocycles. The summed E-state index contributed by atoms with van der Waals surface area (Å²) in [5.74, 6) is 1.04. The Morgan fingerprint density at radius 1 is 1.44 bits per heavy atom. The summed E-state index contributed by atoms with van der Waals surface area (Å²) in [5, 5.41) is 9.33. The van der Waals surface area contributed by atoms with Gasteiger partial charge < -0.3 is 15.6 Å². The first-order valence-electron chi connectivity index (χ1n) is 6.30. The van der Waals surface area contributed by atoms with Gasteiger partial charge in [-0.05, 0) is 24.6 Å². The minimum Gasteiger partial charge on any atom is -0.497 e. The molecule has 1 aromatic carbocycles. The molecule has 1 aromatic rings. The number of rotatable bonds is 4. The molecule has 0 bridgehead atoms. The van der Waals surface area contributed by atoms with Crippen molar-refractivity contribution in [3.63, 3.8) is 0 Å². The second kappa shape index (κ2) is 5.26. The zero-order chi connectivity index (χ0) is 13.2. The lowest BCUT2D eigenvalue weighted by Crippen LogP contribution is -2.45. The summed E-state index contributed by atoms with van der Waals surface area (Å²) in [4.78, 5) is 2.29. The van der Waals surface area contributed by atoms with Crippen LogP contribution in [0.2, 0.25) is 0 Å². The quantitative estimate of drug-likeness (QED) is 0.831. The van der Waals surface area contributed by atoms with Crippen LogP contribution in [-0.2, 0) is 6.54 Å². The Morgan fingerprint density at radius 2 is 2.11 bits per heavy atom. The fourth-order valence-electron chi connectivity index (χ4n) is 2.57. The molecule has 1 saturated heterocycles. The number of nitrogens with two attached hydrogens (primary N) is 1. The molecule has 1 aliphatic heterocycles. The van der Waals surface area contributed by atoms with E-state index >= 15 is 0 Å². The Morgan fingerprint density at radius 3 is 2.61 bits per heavy atom. The molecule has 18 heavy (non-hydrogen) atoms. The molecule has 1 fully saturated rings. The summed E-state index contributed by atoms with van der Waals surface area (Å²) in [6.45, 7) is 4.72. The Hall–Kier alpha value is -1.10. The highest BCUT2D eigenvalue weighted by molar-refractivity contribution is 5.27. The van der Waals surface area contributed by atoms with E-state index in [2.05, 4.69) is 17.0 Å². The summed E-state index contributed by atoms with van der Waals surface area (Å²) >= 11 is 0. The highest BCUT2D eigenvalue weighted by Crippen LogP contribution is 2.26. The van der Waals surface area contributed by atoms with Crippen molar-refractivity contribution in [2.24, 2.45) is 11.7 Å². The number of aliphatic hydroxyl groups excluding tert-OH is 1. The zero-order valence-electron chi connectivity index (χ0n) is 11.1. The van der Waals surface area contributed by atoms with Crippen molar-refractivity contribution in [1.29, 1.82) is 0 Å². The van der Waals surface area contributed by atoms with Crippen molar-refractivity contribution in [2.75, 3.05) is 26.8 Å². The number of nitrogens with zero attached hydrogens (tertiary/aromatic N) is 1. The van der Waals surface area contributed by atoms with E-state index in [0.29, 0.717) is 0 Å². The number of aliphatic hydroxyl groups is 1. The summed E-state index contributed by atoms with van der Waals surface area (Å²) < 4.78 is 5.14. The van der Waals surface area contributed by atoms with Gasteiger partial charge in [-0.2, -0.15) is 0 Å². The third kappa shape index (κ3) is 2.83. The molecule has 0 spiro atoms. The Balaban J connectivity index is 1.98. The SMILES string of the molecule is COc1ccc(CN2C[C@H](CO)[C@@](C)(N)C2)cc1. The van der Waals surface area contributed by atoms with Crippen molar-refractivity contribution in [1.82, 2.24) is 4.90 Å². The summed E-state index contributed by atoms with van der Waals surface area (Å²) in [7, 11) is 1.67. The van der Waals surface area contributed by atoms with E-state index < -0.39 is 0 Å².